The first kappa shape index (κ1) is 12.0. The highest BCUT2D eigenvalue weighted by molar-refractivity contribution is 7.16. The molecule has 1 aromatic rings. The van der Waals surface area contributed by atoms with Crippen molar-refractivity contribution in [3.05, 3.63) is 20.8 Å². The maximum Gasteiger partial charge on any atom is 0.0934 e. The molecule has 2 unspecified atom stereocenters. The zero-order chi connectivity index (χ0) is 11.7. The van der Waals surface area contributed by atoms with Crippen molar-refractivity contribution < 1.29 is 4.74 Å². The Hall–Kier alpha value is -0.0900. The summed E-state index contributed by atoms with van der Waals surface area (Å²) in [5.41, 5.74) is 1.45. The first-order valence-electron chi connectivity index (χ1n) is 6.42. The Bertz CT molecular complexity index is 387. The summed E-state index contributed by atoms with van der Waals surface area (Å²) in [7, 11) is 0. The number of thiophene rings is 1. The fraction of sp³-hybridized carbons (Fsp3) is 0.692. The van der Waals surface area contributed by atoms with Gasteiger partial charge in [-0.15, -0.1) is 11.3 Å². The highest BCUT2D eigenvalue weighted by Crippen LogP contribution is 2.39. The number of nitrogens with one attached hydrogen (secondary N) is 1. The monoisotopic (exact) mass is 271 g/mol. The zero-order valence-corrected chi connectivity index (χ0v) is 11.4. The van der Waals surface area contributed by atoms with Crippen LogP contribution in [-0.2, 0) is 11.2 Å². The van der Waals surface area contributed by atoms with Crippen molar-refractivity contribution >= 4 is 22.9 Å². The molecule has 1 aromatic heterocycles. The summed E-state index contributed by atoms with van der Waals surface area (Å²) in [5, 5.41) is 3.67. The molecule has 1 aliphatic carbocycles. The molecule has 0 aromatic carbocycles. The first-order valence-corrected chi connectivity index (χ1v) is 7.61. The van der Waals surface area contributed by atoms with Gasteiger partial charge in [0.2, 0.25) is 0 Å². The van der Waals surface area contributed by atoms with Crippen molar-refractivity contribution in [1.29, 1.82) is 0 Å². The van der Waals surface area contributed by atoms with Crippen LogP contribution >= 0.6 is 22.9 Å². The molecule has 1 fully saturated rings. The molecule has 1 saturated heterocycles. The van der Waals surface area contributed by atoms with Crippen molar-refractivity contribution in [2.75, 3.05) is 19.8 Å². The minimum Gasteiger partial charge on any atom is -0.381 e. The third-order valence-electron chi connectivity index (χ3n) is 3.81. The average molecular weight is 272 g/mol. The van der Waals surface area contributed by atoms with E-state index in [9.17, 15) is 0 Å². The largest absolute Gasteiger partial charge is 0.381 e. The van der Waals surface area contributed by atoms with Gasteiger partial charge in [-0.05, 0) is 49.8 Å². The third kappa shape index (κ3) is 2.68. The van der Waals surface area contributed by atoms with E-state index in [2.05, 4.69) is 11.4 Å². The number of hydrogen-bond acceptors (Lipinski definition) is 3. The standard InChI is InChI=1S/C13H18ClNOS/c14-13-7-10-11(1-2-12(10)17-13)15-5-3-9-4-6-16-8-9/h7,9,11,15H,1-6,8H2. The van der Waals surface area contributed by atoms with Gasteiger partial charge < -0.3 is 10.1 Å². The van der Waals surface area contributed by atoms with Crippen LogP contribution in [0, 0.1) is 5.92 Å². The molecule has 0 saturated carbocycles. The van der Waals surface area contributed by atoms with Crippen molar-refractivity contribution in [3.8, 4) is 0 Å². The highest BCUT2D eigenvalue weighted by Gasteiger charge is 2.25. The number of fused-ring (bicyclic) bond motifs is 1. The van der Waals surface area contributed by atoms with E-state index in [-0.39, 0.29) is 0 Å². The van der Waals surface area contributed by atoms with Crippen molar-refractivity contribution in [1.82, 2.24) is 5.32 Å². The van der Waals surface area contributed by atoms with E-state index in [1.54, 1.807) is 11.3 Å². The molecule has 0 bridgehead atoms. The van der Waals surface area contributed by atoms with Crippen molar-refractivity contribution in [2.24, 2.45) is 5.92 Å². The highest BCUT2D eigenvalue weighted by atomic mass is 35.5. The minimum absolute atomic E-state index is 0.538. The second-order valence-electron chi connectivity index (χ2n) is 4.99. The fourth-order valence-electron chi connectivity index (χ4n) is 2.81. The normalized spacial score (nSPS) is 27.6. The van der Waals surface area contributed by atoms with Crippen molar-refractivity contribution in [3.63, 3.8) is 0 Å². The molecule has 1 aliphatic heterocycles. The van der Waals surface area contributed by atoms with Crippen LogP contribution in [0.1, 0.15) is 35.7 Å². The van der Waals surface area contributed by atoms with Crippen LogP contribution in [0.4, 0.5) is 0 Å². The van der Waals surface area contributed by atoms with Crippen LogP contribution in [0.3, 0.4) is 0 Å². The van der Waals surface area contributed by atoms with Crippen LogP contribution in [-0.4, -0.2) is 19.8 Å². The summed E-state index contributed by atoms with van der Waals surface area (Å²) in [4.78, 5) is 1.48. The molecule has 17 heavy (non-hydrogen) atoms. The smallest absolute Gasteiger partial charge is 0.0934 e. The number of halogens is 1. The maximum absolute atomic E-state index is 6.06. The summed E-state index contributed by atoms with van der Waals surface area (Å²) in [6.07, 6.45) is 4.90. The lowest BCUT2D eigenvalue weighted by Crippen LogP contribution is -2.22. The molecule has 2 aliphatic rings. The molecule has 0 radical (unpaired) electrons. The summed E-state index contributed by atoms with van der Waals surface area (Å²) in [6, 6.07) is 2.68. The molecule has 3 rings (SSSR count). The maximum atomic E-state index is 6.06. The van der Waals surface area contributed by atoms with Gasteiger partial charge in [0.05, 0.1) is 4.34 Å². The number of ether oxygens (including phenoxy) is 1. The van der Waals surface area contributed by atoms with Crippen LogP contribution in [0.2, 0.25) is 4.34 Å². The van der Waals surface area contributed by atoms with E-state index in [1.165, 1.54) is 36.1 Å². The van der Waals surface area contributed by atoms with E-state index in [0.717, 1.165) is 30.0 Å². The van der Waals surface area contributed by atoms with Gasteiger partial charge in [-0.25, -0.2) is 0 Å². The van der Waals surface area contributed by atoms with Crippen molar-refractivity contribution in [2.45, 2.75) is 31.7 Å². The molecule has 2 nitrogen and oxygen atoms in total. The first-order chi connectivity index (χ1) is 8.33. The Balaban J connectivity index is 1.49. The molecule has 0 spiro atoms. The Morgan fingerprint density at radius 3 is 3.24 bits per heavy atom. The molecule has 94 valence electrons. The molecule has 1 N–H and O–H groups in total. The second kappa shape index (κ2) is 5.27. The Morgan fingerprint density at radius 2 is 2.41 bits per heavy atom. The predicted octanol–water partition coefficient (Wildman–Crippen LogP) is 3.41. The van der Waals surface area contributed by atoms with Crippen LogP contribution in [0.15, 0.2) is 6.07 Å². The van der Waals surface area contributed by atoms with E-state index < -0.39 is 0 Å². The van der Waals surface area contributed by atoms with Crippen LogP contribution in [0.5, 0.6) is 0 Å². The topological polar surface area (TPSA) is 21.3 Å². The van der Waals surface area contributed by atoms with Gasteiger partial charge in [0, 0.05) is 24.1 Å². The lowest BCUT2D eigenvalue weighted by atomic mass is 10.0. The van der Waals surface area contributed by atoms with Crippen LogP contribution < -0.4 is 5.32 Å². The van der Waals surface area contributed by atoms with Gasteiger partial charge in [0.1, 0.15) is 0 Å². The Kier molecular flexibility index (Phi) is 3.71. The van der Waals surface area contributed by atoms with E-state index in [4.69, 9.17) is 16.3 Å². The minimum atomic E-state index is 0.538. The van der Waals surface area contributed by atoms with Gasteiger partial charge >= 0.3 is 0 Å². The molecular formula is C13H18ClNOS. The summed E-state index contributed by atoms with van der Waals surface area (Å²) >= 11 is 7.80. The lowest BCUT2D eigenvalue weighted by Gasteiger charge is -2.14. The lowest BCUT2D eigenvalue weighted by molar-refractivity contribution is 0.184. The molecular weight excluding hydrogens is 254 g/mol. The zero-order valence-electron chi connectivity index (χ0n) is 9.88. The summed E-state index contributed by atoms with van der Waals surface area (Å²) < 4.78 is 6.33. The molecule has 2 atom stereocenters. The summed E-state index contributed by atoms with van der Waals surface area (Å²) in [6.45, 7) is 3.02. The third-order valence-corrected chi connectivity index (χ3v) is 5.15. The number of aryl methyl sites for hydroxylation is 1. The predicted molar refractivity (Wildman–Crippen MR) is 71.9 cm³/mol. The van der Waals surface area contributed by atoms with Gasteiger partial charge in [-0.3, -0.25) is 0 Å². The summed E-state index contributed by atoms with van der Waals surface area (Å²) in [5.74, 6) is 0.773. The van der Waals surface area contributed by atoms with E-state index in [0.29, 0.717) is 6.04 Å². The van der Waals surface area contributed by atoms with Crippen LogP contribution in [0.25, 0.3) is 0 Å². The molecule has 2 heterocycles. The van der Waals surface area contributed by atoms with Gasteiger partial charge in [0.25, 0.3) is 0 Å². The molecule has 0 amide bonds. The van der Waals surface area contributed by atoms with E-state index in [1.807, 2.05) is 0 Å². The Labute approximate surface area is 111 Å². The quantitative estimate of drug-likeness (QED) is 0.906. The number of rotatable bonds is 4. The van der Waals surface area contributed by atoms with Gasteiger partial charge in [-0.1, -0.05) is 11.6 Å². The fourth-order valence-corrected chi connectivity index (χ4v) is 4.17. The van der Waals surface area contributed by atoms with E-state index >= 15 is 0 Å². The second-order valence-corrected chi connectivity index (χ2v) is 6.76. The SMILES string of the molecule is Clc1cc2c(s1)CCC2NCCC1CCOC1. The number of hydrogen-bond donors (Lipinski definition) is 1. The molecule has 4 heteroatoms. The Morgan fingerprint density at radius 1 is 1.47 bits per heavy atom. The average Bonchev–Trinajstić information content (AvgIpc) is 2.97. The van der Waals surface area contributed by atoms with Gasteiger partial charge in [0.15, 0.2) is 0 Å². The van der Waals surface area contributed by atoms with Gasteiger partial charge in [-0.2, -0.15) is 0 Å².